The number of benzene rings is 2. The minimum absolute atomic E-state index is 0.148. The third-order valence-corrected chi connectivity index (χ3v) is 5.06. The van der Waals surface area contributed by atoms with Crippen LogP contribution in [-0.2, 0) is 4.79 Å². The van der Waals surface area contributed by atoms with Crippen LogP contribution in [0.2, 0.25) is 0 Å². The third-order valence-electron chi connectivity index (χ3n) is 5.06. The summed E-state index contributed by atoms with van der Waals surface area (Å²) in [5.74, 6) is 0.650. The molecule has 1 atom stereocenters. The maximum Gasteiger partial charge on any atom is 0.249 e. The number of carbonyl (C=O) groups is 1. The Balaban J connectivity index is 1.44. The maximum absolute atomic E-state index is 12.8. The van der Waals surface area contributed by atoms with Crippen LogP contribution in [0.4, 0.5) is 11.4 Å². The van der Waals surface area contributed by atoms with Gasteiger partial charge in [0.2, 0.25) is 5.91 Å². The first-order valence-electron chi connectivity index (χ1n) is 8.91. The highest BCUT2D eigenvalue weighted by molar-refractivity contribution is 6.01. The minimum atomic E-state index is -0.148. The van der Waals surface area contributed by atoms with Gasteiger partial charge in [0.25, 0.3) is 0 Å². The molecule has 130 valence electrons. The molecule has 2 aromatic rings. The van der Waals surface area contributed by atoms with Crippen LogP contribution in [-0.4, -0.2) is 31.6 Å². The Morgan fingerprint density at radius 2 is 1.84 bits per heavy atom. The first-order chi connectivity index (χ1) is 12.2. The lowest BCUT2D eigenvalue weighted by Gasteiger charge is -2.19. The van der Waals surface area contributed by atoms with Crippen LogP contribution < -0.4 is 21.1 Å². The molecular formula is C20H24N4O. The van der Waals surface area contributed by atoms with Gasteiger partial charge in [-0.25, -0.2) is 0 Å². The summed E-state index contributed by atoms with van der Waals surface area (Å²) in [6.07, 6.45) is 0.824. The monoisotopic (exact) mass is 336 g/mol. The second kappa shape index (κ2) is 6.86. The van der Waals surface area contributed by atoms with Gasteiger partial charge in [-0.2, -0.15) is 0 Å². The van der Waals surface area contributed by atoms with Crippen LogP contribution >= 0.6 is 0 Å². The van der Waals surface area contributed by atoms with E-state index < -0.39 is 0 Å². The van der Waals surface area contributed by atoms with E-state index >= 15 is 0 Å². The molecule has 0 radical (unpaired) electrons. The maximum atomic E-state index is 12.8. The summed E-state index contributed by atoms with van der Waals surface area (Å²) in [5.41, 5.74) is 10.8. The van der Waals surface area contributed by atoms with Gasteiger partial charge in [0, 0.05) is 36.9 Å². The first-order valence-corrected chi connectivity index (χ1v) is 8.91. The zero-order chi connectivity index (χ0) is 17.2. The fourth-order valence-corrected chi connectivity index (χ4v) is 3.63. The molecule has 5 nitrogen and oxygen atoms in total. The standard InChI is InChI=1S/C20H24N4O/c1-14-3-2-4-17(11-14)23-19-9-10-24(20(19)25)18-7-5-15(6-8-18)16-12-21-22-13-16/h2-8,11,16,19,21-23H,9-10,12-13H2,1H3. The van der Waals surface area contributed by atoms with Crippen molar-refractivity contribution in [1.82, 2.24) is 10.9 Å². The average molecular weight is 336 g/mol. The lowest BCUT2D eigenvalue weighted by atomic mass is 10.00. The number of rotatable bonds is 4. The van der Waals surface area contributed by atoms with Gasteiger partial charge in [-0.05, 0) is 48.7 Å². The van der Waals surface area contributed by atoms with E-state index in [1.54, 1.807) is 0 Å². The highest BCUT2D eigenvalue weighted by Gasteiger charge is 2.32. The highest BCUT2D eigenvalue weighted by atomic mass is 16.2. The van der Waals surface area contributed by atoms with Gasteiger partial charge in [-0.3, -0.25) is 15.6 Å². The molecular weight excluding hydrogens is 312 g/mol. The number of hydrogen-bond donors (Lipinski definition) is 3. The van der Waals surface area contributed by atoms with Crippen LogP contribution in [0.1, 0.15) is 23.5 Å². The zero-order valence-electron chi connectivity index (χ0n) is 14.5. The van der Waals surface area contributed by atoms with Crippen molar-refractivity contribution < 1.29 is 4.79 Å². The first kappa shape index (κ1) is 16.1. The second-order valence-corrected chi connectivity index (χ2v) is 6.90. The number of amides is 1. The summed E-state index contributed by atoms with van der Waals surface area (Å²) < 4.78 is 0. The van der Waals surface area contributed by atoms with E-state index in [0.29, 0.717) is 5.92 Å². The molecule has 2 saturated heterocycles. The summed E-state index contributed by atoms with van der Waals surface area (Å²) in [5, 5.41) is 3.38. The number of carbonyl (C=O) groups excluding carboxylic acids is 1. The fraction of sp³-hybridized carbons (Fsp3) is 0.350. The number of anilines is 2. The number of hydrogen-bond acceptors (Lipinski definition) is 4. The van der Waals surface area contributed by atoms with Gasteiger partial charge in [0.15, 0.2) is 0 Å². The summed E-state index contributed by atoms with van der Waals surface area (Å²) >= 11 is 0. The second-order valence-electron chi connectivity index (χ2n) is 6.90. The molecule has 0 spiro atoms. The van der Waals surface area contributed by atoms with Crippen molar-refractivity contribution in [3.8, 4) is 0 Å². The average Bonchev–Trinajstić information content (AvgIpc) is 3.27. The number of aryl methyl sites for hydroxylation is 1. The normalized spacial score (nSPS) is 21.1. The predicted molar refractivity (Wildman–Crippen MR) is 101 cm³/mol. The smallest absolute Gasteiger partial charge is 0.249 e. The van der Waals surface area contributed by atoms with Crippen molar-refractivity contribution in [3.05, 3.63) is 59.7 Å². The quantitative estimate of drug-likeness (QED) is 0.802. The number of nitrogens with zero attached hydrogens (tertiary/aromatic N) is 1. The zero-order valence-corrected chi connectivity index (χ0v) is 14.5. The van der Waals surface area contributed by atoms with Gasteiger partial charge in [-0.1, -0.05) is 24.3 Å². The molecule has 3 N–H and O–H groups in total. The molecule has 2 heterocycles. The highest BCUT2D eigenvalue weighted by Crippen LogP contribution is 2.26. The lowest BCUT2D eigenvalue weighted by molar-refractivity contribution is -0.117. The third kappa shape index (κ3) is 3.38. The Morgan fingerprint density at radius 3 is 2.56 bits per heavy atom. The van der Waals surface area contributed by atoms with Gasteiger partial charge in [0.05, 0.1) is 0 Å². The molecule has 0 aromatic heterocycles. The van der Waals surface area contributed by atoms with Crippen molar-refractivity contribution in [2.75, 3.05) is 29.9 Å². The van der Waals surface area contributed by atoms with E-state index in [1.807, 2.05) is 17.0 Å². The summed E-state index contributed by atoms with van der Waals surface area (Å²) in [6, 6.07) is 16.4. The van der Waals surface area contributed by atoms with Crippen LogP contribution in [0, 0.1) is 6.92 Å². The van der Waals surface area contributed by atoms with E-state index in [9.17, 15) is 4.79 Å². The molecule has 2 aliphatic rings. The van der Waals surface area contributed by atoms with Crippen molar-refractivity contribution >= 4 is 17.3 Å². The van der Waals surface area contributed by atoms with Gasteiger partial charge < -0.3 is 10.2 Å². The Hall–Kier alpha value is -2.37. The van der Waals surface area contributed by atoms with Gasteiger partial charge in [0.1, 0.15) is 6.04 Å². The van der Waals surface area contributed by atoms with Gasteiger partial charge >= 0.3 is 0 Å². The molecule has 0 bridgehead atoms. The summed E-state index contributed by atoms with van der Waals surface area (Å²) in [7, 11) is 0. The fourth-order valence-electron chi connectivity index (χ4n) is 3.63. The summed E-state index contributed by atoms with van der Waals surface area (Å²) in [6.45, 7) is 4.72. The predicted octanol–water partition coefficient (Wildman–Crippen LogP) is 2.40. The van der Waals surface area contributed by atoms with E-state index in [2.05, 4.69) is 59.5 Å². The minimum Gasteiger partial charge on any atom is -0.374 e. The molecule has 4 rings (SSSR count). The molecule has 1 unspecified atom stereocenters. The van der Waals surface area contributed by atoms with Crippen LogP contribution in [0.15, 0.2) is 48.5 Å². The molecule has 2 aliphatic heterocycles. The van der Waals surface area contributed by atoms with Crippen LogP contribution in [0.5, 0.6) is 0 Å². The number of hydrazine groups is 1. The Kier molecular flexibility index (Phi) is 4.42. The largest absolute Gasteiger partial charge is 0.374 e. The summed E-state index contributed by atoms with van der Waals surface area (Å²) in [4.78, 5) is 14.7. The molecule has 5 heteroatoms. The van der Waals surface area contributed by atoms with Crippen molar-refractivity contribution in [2.24, 2.45) is 0 Å². The van der Waals surface area contributed by atoms with Crippen LogP contribution in [0.25, 0.3) is 0 Å². The Labute approximate surface area is 148 Å². The molecule has 1 amide bonds. The molecule has 25 heavy (non-hydrogen) atoms. The number of nitrogens with one attached hydrogen (secondary N) is 3. The van der Waals surface area contributed by atoms with Gasteiger partial charge in [-0.15, -0.1) is 0 Å². The van der Waals surface area contributed by atoms with E-state index in [-0.39, 0.29) is 11.9 Å². The molecule has 2 fully saturated rings. The topological polar surface area (TPSA) is 56.4 Å². The van der Waals surface area contributed by atoms with E-state index in [1.165, 1.54) is 11.1 Å². The Bertz CT molecular complexity index is 753. The molecule has 0 aliphatic carbocycles. The van der Waals surface area contributed by atoms with Crippen molar-refractivity contribution in [1.29, 1.82) is 0 Å². The SMILES string of the molecule is Cc1cccc(NC2CCN(c3ccc(C4CNNC4)cc3)C2=O)c1. The van der Waals surface area contributed by atoms with Crippen molar-refractivity contribution in [3.63, 3.8) is 0 Å². The van der Waals surface area contributed by atoms with Crippen LogP contribution in [0.3, 0.4) is 0 Å². The van der Waals surface area contributed by atoms with E-state index in [4.69, 9.17) is 0 Å². The molecule has 2 aromatic carbocycles. The Morgan fingerprint density at radius 1 is 1.08 bits per heavy atom. The van der Waals surface area contributed by atoms with Crippen molar-refractivity contribution in [2.45, 2.75) is 25.3 Å². The lowest BCUT2D eigenvalue weighted by Crippen LogP contribution is -2.33. The van der Waals surface area contributed by atoms with E-state index in [0.717, 1.165) is 37.4 Å². The molecule has 0 saturated carbocycles.